The Kier molecular flexibility index (Phi) is 6.22. The first-order valence-electron chi connectivity index (χ1n) is 7.62. The van der Waals surface area contributed by atoms with Crippen molar-refractivity contribution < 1.29 is 13.2 Å². The Labute approximate surface area is 122 Å². The van der Waals surface area contributed by atoms with E-state index in [0.717, 1.165) is 51.9 Å². The van der Waals surface area contributed by atoms with Crippen molar-refractivity contribution in [1.82, 2.24) is 14.3 Å². The normalized spacial score (nSPS) is 26.8. The minimum atomic E-state index is -3.35. The van der Waals surface area contributed by atoms with Gasteiger partial charge in [-0.25, -0.2) is 4.72 Å². The summed E-state index contributed by atoms with van der Waals surface area (Å²) in [5.74, 6) is 0.408. The molecule has 0 bridgehead atoms. The van der Waals surface area contributed by atoms with Crippen LogP contribution >= 0.6 is 0 Å². The summed E-state index contributed by atoms with van der Waals surface area (Å²) in [6.45, 7) is 3.39. The zero-order valence-electron chi connectivity index (χ0n) is 12.3. The van der Waals surface area contributed by atoms with E-state index in [1.807, 2.05) is 7.05 Å². The molecule has 0 amide bonds. The third kappa shape index (κ3) is 4.39. The van der Waals surface area contributed by atoms with Crippen LogP contribution in [0, 0.1) is 5.92 Å². The molecule has 0 aliphatic carbocycles. The summed E-state index contributed by atoms with van der Waals surface area (Å²) in [6.07, 6.45) is 4.90. The summed E-state index contributed by atoms with van der Waals surface area (Å²) in [4.78, 5) is 0. The van der Waals surface area contributed by atoms with E-state index in [1.54, 1.807) is 4.31 Å². The highest BCUT2D eigenvalue weighted by atomic mass is 32.2. The first-order chi connectivity index (χ1) is 9.63. The van der Waals surface area contributed by atoms with Gasteiger partial charge in [0, 0.05) is 38.9 Å². The van der Waals surface area contributed by atoms with Crippen LogP contribution in [0.4, 0.5) is 0 Å². The quantitative estimate of drug-likeness (QED) is 0.741. The highest BCUT2D eigenvalue weighted by molar-refractivity contribution is 7.87. The Balaban J connectivity index is 1.89. The average molecular weight is 305 g/mol. The van der Waals surface area contributed by atoms with Crippen LogP contribution in [0.1, 0.15) is 32.1 Å². The number of nitrogens with zero attached hydrogens (tertiary/aromatic N) is 1. The van der Waals surface area contributed by atoms with Gasteiger partial charge in [-0.1, -0.05) is 6.42 Å². The van der Waals surface area contributed by atoms with Crippen LogP contribution in [0.3, 0.4) is 0 Å². The first-order valence-corrected chi connectivity index (χ1v) is 9.06. The second-order valence-corrected chi connectivity index (χ2v) is 7.44. The van der Waals surface area contributed by atoms with Gasteiger partial charge >= 0.3 is 0 Å². The summed E-state index contributed by atoms with van der Waals surface area (Å²) in [5, 5.41) is 3.09. The van der Waals surface area contributed by atoms with E-state index in [1.165, 1.54) is 0 Å². The zero-order chi connectivity index (χ0) is 14.4. The molecule has 1 unspecified atom stereocenters. The lowest BCUT2D eigenvalue weighted by Crippen LogP contribution is -2.52. The van der Waals surface area contributed by atoms with Crippen molar-refractivity contribution >= 4 is 10.2 Å². The smallest absolute Gasteiger partial charge is 0.279 e. The maximum absolute atomic E-state index is 12.5. The minimum Gasteiger partial charge on any atom is -0.381 e. The molecule has 2 N–H and O–H groups in total. The third-order valence-electron chi connectivity index (χ3n) is 4.22. The van der Waals surface area contributed by atoms with Crippen LogP contribution in [0.5, 0.6) is 0 Å². The Hall–Kier alpha value is -0.210. The van der Waals surface area contributed by atoms with Gasteiger partial charge in [0.15, 0.2) is 0 Å². The Bertz CT molecular complexity index is 380. The predicted molar refractivity (Wildman–Crippen MR) is 78.7 cm³/mol. The fourth-order valence-electron chi connectivity index (χ4n) is 2.99. The maximum Gasteiger partial charge on any atom is 0.279 e. The average Bonchev–Trinajstić information content (AvgIpc) is 2.47. The molecule has 20 heavy (non-hydrogen) atoms. The molecular weight excluding hydrogens is 278 g/mol. The molecule has 2 aliphatic rings. The van der Waals surface area contributed by atoms with Gasteiger partial charge in [-0.3, -0.25) is 0 Å². The lowest BCUT2D eigenvalue weighted by Gasteiger charge is -2.35. The van der Waals surface area contributed by atoms with E-state index in [0.29, 0.717) is 19.0 Å². The highest BCUT2D eigenvalue weighted by Crippen LogP contribution is 2.20. The molecule has 2 fully saturated rings. The molecule has 2 heterocycles. The van der Waals surface area contributed by atoms with Gasteiger partial charge in [0.1, 0.15) is 0 Å². The zero-order valence-corrected chi connectivity index (χ0v) is 13.1. The molecule has 0 radical (unpaired) electrons. The molecule has 1 atom stereocenters. The van der Waals surface area contributed by atoms with E-state index in [4.69, 9.17) is 4.74 Å². The SMILES string of the molecule is CNCC1CCCCN1S(=O)(=O)NCC1CCOCC1. The van der Waals surface area contributed by atoms with E-state index in [-0.39, 0.29) is 6.04 Å². The number of hydrogen-bond acceptors (Lipinski definition) is 4. The Morgan fingerprint density at radius 3 is 2.60 bits per heavy atom. The molecule has 0 aromatic carbocycles. The van der Waals surface area contributed by atoms with Gasteiger partial charge < -0.3 is 10.1 Å². The standard InChI is InChI=1S/C13H27N3O3S/c1-14-11-13-4-2-3-7-16(13)20(17,18)15-10-12-5-8-19-9-6-12/h12-15H,2-11H2,1H3. The first kappa shape index (κ1) is 16.2. The van der Waals surface area contributed by atoms with Crippen LogP contribution in [0.15, 0.2) is 0 Å². The van der Waals surface area contributed by atoms with Gasteiger partial charge in [0.2, 0.25) is 0 Å². The second-order valence-electron chi connectivity index (χ2n) is 5.73. The summed E-state index contributed by atoms with van der Waals surface area (Å²) in [7, 11) is -1.48. The number of rotatable bonds is 6. The number of likely N-dealkylation sites (N-methyl/N-ethyl adjacent to an activating group) is 1. The van der Waals surface area contributed by atoms with Crippen LogP contribution in [-0.4, -0.2) is 58.7 Å². The number of hydrogen-bond donors (Lipinski definition) is 2. The van der Waals surface area contributed by atoms with Crippen molar-refractivity contribution in [3.05, 3.63) is 0 Å². The summed E-state index contributed by atoms with van der Waals surface area (Å²) < 4.78 is 34.7. The highest BCUT2D eigenvalue weighted by Gasteiger charge is 2.32. The van der Waals surface area contributed by atoms with Crippen molar-refractivity contribution in [1.29, 1.82) is 0 Å². The summed E-state index contributed by atoms with van der Waals surface area (Å²) in [6, 6.07) is 0.0842. The number of piperidine rings is 1. The van der Waals surface area contributed by atoms with Gasteiger partial charge in [0.25, 0.3) is 10.2 Å². The molecule has 2 aliphatic heterocycles. The van der Waals surface area contributed by atoms with E-state index in [9.17, 15) is 8.42 Å². The fraction of sp³-hybridized carbons (Fsp3) is 1.00. The summed E-state index contributed by atoms with van der Waals surface area (Å²) in [5.41, 5.74) is 0. The van der Waals surface area contributed by atoms with Crippen LogP contribution < -0.4 is 10.0 Å². The van der Waals surface area contributed by atoms with Gasteiger partial charge in [-0.15, -0.1) is 0 Å². The van der Waals surface area contributed by atoms with Crippen molar-refractivity contribution in [2.24, 2.45) is 5.92 Å². The molecule has 0 spiro atoms. The van der Waals surface area contributed by atoms with E-state index >= 15 is 0 Å². The number of ether oxygens (including phenoxy) is 1. The van der Waals surface area contributed by atoms with Crippen molar-refractivity contribution in [2.45, 2.75) is 38.1 Å². The Morgan fingerprint density at radius 2 is 1.90 bits per heavy atom. The maximum atomic E-state index is 12.5. The van der Waals surface area contributed by atoms with Crippen LogP contribution in [-0.2, 0) is 14.9 Å². The molecule has 0 saturated carbocycles. The van der Waals surface area contributed by atoms with E-state index < -0.39 is 10.2 Å². The monoisotopic (exact) mass is 305 g/mol. The van der Waals surface area contributed by atoms with Crippen LogP contribution in [0.25, 0.3) is 0 Å². The topological polar surface area (TPSA) is 70.7 Å². The Morgan fingerprint density at radius 1 is 1.15 bits per heavy atom. The van der Waals surface area contributed by atoms with Gasteiger partial charge in [-0.05, 0) is 38.6 Å². The molecule has 0 aromatic heterocycles. The molecule has 2 rings (SSSR count). The molecule has 2 saturated heterocycles. The van der Waals surface area contributed by atoms with Crippen LogP contribution in [0.2, 0.25) is 0 Å². The number of nitrogens with one attached hydrogen (secondary N) is 2. The van der Waals surface area contributed by atoms with Crippen molar-refractivity contribution in [3.63, 3.8) is 0 Å². The largest absolute Gasteiger partial charge is 0.381 e. The van der Waals surface area contributed by atoms with Crippen molar-refractivity contribution in [2.75, 3.05) is 39.9 Å². The van der Waals surface area contributed by atoms with Crippen molar-refractivity contribution in [3.8, 4) is 0 Å². The summed E-state index contributed by atoms with van der Waals surface area (Å²) >= 11 is 0. The molecular formula is C13H27N3O3S. The lowest BCUT2D eigenvalue weighted by atomic mass is 10.0. The molecule has 0 aromatic rings. The molecule has 7 heteroatoms. The fourth-order valence-corrected chi connectivity index (χ4v) is 4.54. The third-order valence-corrected chi connectivity index (χ3v) is 5.85. The van der Waals surface area contributed by atoms with Gasteiger partial charge in [0.05, 0.1) is 0 Å². The lowest BCUT2D eigenvalue weighted by molar-refractivity contribution is 0.0676. The second kappa shape index (κ2) is 7.70. The predicted octanol–water partition coefficient (Wildman–Crippen LogP) is 0.321. The molecule has 6 nitrogen and oxygen atoms in total. The minimum absolute atomic E-state index is 0.0842. The van der Waals surface area contributed by atoms with Gasteiger partial charge in [-0.2, -0.15) is 12.7 Å². The molecule has 118 valence electrons. The van der Waals surface area contributed by atoms with E-state index in [2.05, 4.69) is 10.0 Å².